The standard InChI is InChI=1S/C26H35N5OS.2H2/c1-3-4-8-19(13-18-14-27-23-12-6-5-11-22(18)23)29-25(32)24-15-28-26(33-24)31-16-20-9-7-10-21(17-31)30(20)2;;/h5-6,11-12,14-15,19-21,27H,3-4,7-10,13,16-17H2,1-2H3,(H,29,32);2*1H. The number of piperidine rings is 1. The predicted molar refractivity (Wildman–Crippen MR) is 141 cm³/mol. The second-order valence-electron chi connectivity index (χ2n) is 9.69. The quantitative estimate of drug-likeness (QED) is 0.469. The van der Waals surface area contributed by atoms with Gasteiger partial charge in [-0.2, -0.15) is 0 Å². The van der Waals surface area contributed by atoms with E-state index in [0.717, 1.165) is 54.3 Å². The average Bonchev–Trinajstić information content (AvgIpc) is 3.45. The van der Waals surface area contributed by atoms with Gasteiger partial charge in [0.2, 0.25) is 0 Å². The number of piperazine rings is 1. The van der Waals surface area contributed by atoms with Gasteiger partial charge in [0.05, 0.1) is 6.20 Å². The molecule has 2 saturated heterocycles. The molecule has 2 aromatic heterocycles. The Labute approximate surface area is 203 Å². The van der Waals surface area contributed by atoms with Crippen LogP contribution in [-0.4, -0.2) is 59.0 Å². The Morgan fingerprint density at radius 3 is 2.88 bits per heavy atom. The lowest BCUT2D eigenvalue weighted by molar-refractivity contribution is 0.0938. The number of fused-ring (bicyclic) bond motifs is 3. The van der Waals surface area contributed by atoms with Crippen LogP contribution in [0.2, 0.25) is 0 Å². The number of aromatic amines is 1. The highest BCUT2D eigenvalue weighted by atomic mass is 32.1. The number of amides is 1. The molecule has 0 spiro atoms. The van der Waals surface area contributed by atoms with Gasteiger partial charge in [-0.05, 0) is 44.4 Å². The maximum atomic E-state index is 13.2. The number of aromatic nitrogens is 2. The highest BCUT2D eigenvalue weighted by Crippen LogP contribution is 2.32. The molecule has 0 aliphatic carbocycles. The maximum Gasteiger partial charge on any atom is 0.263 e. The van der Waals surface area contributed by atoms with Crippen LogP contribution in [0.1, 0.15) is 63.5 Å². The smallest absolute Gasteiger partial charge is 0.263 e. The molecule has 2 aliphatic heterocycles. The zero-order valence-electron chi connectivity index (χ0n) is 19.7. The molecule has 3 atom stereocenters. The first kappa shape index (κ1) is 22.4. The molecular weight excluding hydrogens is 430 g/mol. The number of para-hydroxylation sites is 1. The SMILES string of the molecule is CCCCC(Cc1c[nH]c2ccccc12)NC(=O)c1cnc(N2CC3CCCC(C2)N3C)s1.[HH].[HH]. The van der Waals surface area contributed by atoms with Gasteiger partial charge in [-0.3, -0.25) is 9.69 Å². The molecular formula is C26H39N5OS. The molecule has 180 valence electrons. The first-order valence-electron chi connectivity index (χ1n) is 12.4. The topological polar surface area (TPSA) is 64.3 Å². The molecule has 1 amide bonds. The van der Waals surface area contributed by atoms with E-state index in [9.17, 15) is 4.79 Å². The van der Waals surface area contributed by atoms with E-state index in [4.69, 9.17) is 0 Å². The number of carbonyl (C=O) groups is 1. The summed E-state index contributed by atoms with van der Waals surface area (Å²) in [6.07, 6.45) is 11.7. The molecule has 3 unspecified atom stereocenters. The lowest BCUT2D eigenvalue weighted by Crippen LogP contribution is -2.59. The fraction of sp³-hybridized carbons (Fsp3) is 0.538. The van der Waals surface area contributed by atoms with E-state index in [1.54, 1.807) is 17.5 Å². The van der Waals surface area contributed by atoms with Crippen molar-refractivity contribution < 1.29 is 7.65 Å². The van der Waals surface area contributed by atoms with Crippen molar-refractivity contribution in [3.8, 4) is 0 Å². The number of benzene rings is 1. The lowest BCUT2D eigenvalue weighted by atomic mass is 9.92. The van der Waals surface area contributed by atoms with Crippen LogP contribution in [-0.2, 0) is 6.42 Å². The van der Waals surface area contributed by atoms with Crippen LogP contribution in [0.5, 0.6) is 0 Å². The van der Waals surface area contributed by atoms with Crippen molar-refractivity contribution in [2.45, 2.75) is 70.0 Å². The molecule has 7 heteroatoms. The summed E-state index contributed by atoms with van der Waals surface area (Å²) in [5.74, 6) is 0.00835. The molecule has 5 rings (SSSR count). The van der Waals surface area contributed by atoms with Crippen molar-refractivity contribution in [1.29, 1.82) is 0 Å². The minimum atomic E-state index is 0. The molecule has 0 radical (unpaired) electrons. The van der Waals surface area contributed by atoms with Gasteiger partial charge in [-0.25, -0.2) is 4.98 Å². The molecule has 33 heavy (non-hydrogen) atoms. The highest BCUT2D eigenvalue weighted by Gasteiger charge is 2.36. The van der Waals surface area contributed by atoms with Gasteiger partial charge in [-0.15, -0.1) is 0 Å². The van der Waals surface area contributed by atoms with Crippen molar-refractivity contribution in [1.82, 2.24) is 20.2 Å². The van der Waals surface area contributed by atoms with Gasteiger partial charge < -0.3 is 15.2 Å². The Kier molecular flexibility index (Phi) is 6.69. The van der Waals surface area contributed by atoms with E-state index in [1.807, 2.05) is 6.07 Å². The van der Waals surface area contributed by atoms with Crippen LogP contribution >= 0.6 is 11.3 Å². The third kappa shape index (κ3) is 4.80. The first-order chi connectivity index (χ1) is 16.1. The number of nitrogens with zero attached hydrogens (tertiary/aromatic N) is 3. The van der Waals surface area contributed by atoms with Crippen LogP contribution in [0, 0.1) is 0 Å². The second-order valence-corrected chi connectivity index (χ2v) is 10.7. The van der Waals surface area contributed by atoms with Crippen molar-refractivity contribution in [2.75, 3.05) is 25.0 Å². The largest absolute Gasteiger partial charge is 0.361 e. The van der Waals surface area contributed by atoms with Gasteiger partial charge in [0, 0.05) is 51.2 Å². The van der Waals surface area contributed by atoms with E-state index in [-0.39, 0.29) is 14.8 Å². The number of likely N-dealkylation sites (N-methyl/N-ethyl adjacent to an activating group) is 1. The van der Waals surface area contributed by atoms with Crippen LogP contribution in [0.3, 0.4) is 0 Å². The van der Waals surface area contributed by atoms with E-state index in [0.29, 0.717) is 12.1 Å². The van der Waals surface area contributed by atoms with Crippen LogP contribution in [0.25, 0.3) is 10.9 Å². The van der Waals surface area contributed by atoms with Crippen LogP contribution in [0.4, 0.5) is 5.13 Å². The normalized spacial score (nSPS) is 21.9. The number of unbranched alkanes of at least 4 members (excludes halogenated alkanes) is 1. The summed E-state index contributed by atoms with van der Waals surface area (Å²) in [7, 11) is 2.26. The molecule has 2 fully saturated rings. The van der Waals surface area contributed by atoms with E-state index in [2.05, 4.69) is 63.5 Å². The molecule has 4 heterocycles. The Balaban J connectivity index is 0.00000171. The van der Waals surface area contributed by atoms with Crippen LogP contribution in [0.15, 0.2) is 36.7 Å². The number of carbonyl (C=O) groups excluding carboxylic acids is 1. The monoisotopic (exact) mass is 469 g/mol. The third-order valence-corrected chi connectivity index (χ3v) is 8.52. The Morgan fingerprint density at radius 1 is 1.30 bits per heavy atom. The summed E-state index contributed by atoms with van der Waals surface area (Å²) in [6.45, 7) is 4.23. The van der Waals surface area contributed by atoms with Gasteiger partial charge >= 0.3 is 0 Å². The number of nitrogens with one attached hydrogen (secondary N) is 2. The molecule has 3 aromatic rings. The molecule has 0 saturated carbocycles. The number of thiazole rings is 1. The number of H-pyrrole nitrogens is 1. The van der Waals surface area contributed by atoms with E-state index in [1.165, 1.54) is 30.2 Å². The summed E-state index contributed by atoms with van der Waals surface area (Å²) >= 11 is 1.54. The lowest BCUT2D eigenvalue weighted by Gasteiger charge is -2.48. The van der Waals surface area contributed by atoms with Crippen LogP contribution < -0.4 is 10.2 Å². The Morgan fingerprint density at radius 2 is 2.09 bits per heavy atom. The summed E-state index contributed by atoms with van der Waals surface area (Å²) < 4.78 is 0. The van der Waals surface area contributed by atoms with Crippen molar-refractivity contribution in [3.63, 3.8) is 0 Å². The Bertz CT molecular complexity index is 1090. The number of rotatable bonds is 8. The molecule has 2 bridgehead atoms. The minimum absolute atomic E-state index is 0. The predicted octanol–water partition coefficient (Wildman–Crippen LogP) is 5.32. The van der Waals surface area contributed by atoms with E-state index >= 15 is 0 Å². The number of hydrogen-bond donors (Lipinski definition) is 2. The van der Waals surface area contributed by atoms with Crippen molar-refractivity contribution in [3.05, 3.63) is 47.1 Å². The molecule has 6 nitrogen and oxygen atoms in total. The molecule has 2 N–H and O–H groups in total. The zero-order chi connectivity index (χ0) is 22.8. The molecule has 1 aromatic carbocycles. The number of anilines is 1. The van der Waals surface area contributed by atoms with Crippen molar-refractivity contribution in [2.24, 2.45) is 0 Å². The van der Waals surface area contributed by atoms with Gasteiger partial charge in [0.15, 0.2) is 5.13 Å². The minimum Gasteiger partial charge on any atom is -0.361 e. The summed E-state index contributed by atoms with van der Waals surface area (Å²) in [6, 6.07) is 9.70. The Hall–Kier alpha value is -2.38. The fourth-order valence-corrected chi connectivity index (χ4v) is 6.33. The first-order valence-corrected chi connectivity index (χ1v) is 13.2. The summed E-state index contributed by atoms with van der Waals surface area (Å²) in [5.41, 5.74) is 2.41. The van der Waals surface area contributed by atoms with Gasteiger partial charge in [0.25, 0.3) is 5.91 Å². The zero-order valence-corrected chi connectivity index (χ0v) is 20.5. The third-order valence-electron chi connectivity index (χ3n) is 7.46. The van der Waals surface area contributed by atoms with E-state index < -0.39 is 0 Å². The fourth-order valence-electron chi connectivity index (χ4n) is 5.49. The van der Waals surface area contributed by atoms with Gasteiger partial charge in [-0.1, -0.05) is 55.7 Å². The van der Waals surface area contributed by atoms with Crippen molar-refractivity contribution >= 4 is 33.3 Å². The molecule has 2 aliphatic rings. The number of hydrogen-bond acceptors (Lipinski definition) is 5. The summed E-state index contributed by atoms with van der Waals surface area (Å²) in [4.78, 5) is 26.9. The second kappa shape index (κ2) is 9.85. The van der Waals surface area contributed by atoms with Gasteiger partial charge in [0.1, 0.15) is 4.88 Å². The maximum absolute atomic E-state index is 13.2. The highest BCUT2D eigenvalue weighted by molar-refractivity contribution is 7.17. The average molecular weight is 470 g/mol. The summed E-state index contributed by atoms with van der Waals surface area (Å²) in [5, 5.41) is 5.56.